The predicted molar refractivity (Wildman–Crippen MR) is 99.0 cm³/mol. The Balaban J connectivity index is 0.00000180. The molecule has 0 amide bonds. The van der Waals surface area contributed by atoms with Crippen LogP contribution in [-0.4, -0.2) is 44.6 Å². The van der Waals surface area contributed by atoms with Crippen LogP contribution in [0.2, 0.25) is 0 Å². The van der Waals surface area contributed by atoms with Gasteiger partial charge in [-0.05, 0) is 29.3 Å². The van der Waals surface area contributed by atoms with Crippen molar-refractivity contribution in [3.8, 4) is 23.0 Å². The minimum atomic E-state index is 0. The summed E-state index contributed by atoms with van der Waals surface area (Å²) in [5.41, 5.74) is 5.45. The molecule has 0 radical (unpaired) electrons. The lowest BCUT2D eigenvalue weighted by Crippen LogP contribution is -2.53. The van der Waals surface area contributed by atoms with Crippen molar-refractivity contribution in [3.05, 3.63) is 46.5 Å². The Labute approximate surface area is 159 Å². The standard InChI is InChI=1S/C21H24NO4.H2O/c1-22-7-6-14-9-19-20(26-12-25-19)10-15(14)17(22)8-13-4-5-18(23-2)21(24-3)16(13)11-22;/h4-5,9-10,17H,6-8,11-12H2,1-3H3;1H2/q+1;/p-1. The number of fused-ring (bicyclic) bond motifs is 5. The molecule has 5 rings (SSSR count). The second kappa shape index (κ2) is 6.32. The normalized spacial score (nSPS) is 24.2. The van der Waals surface area contributed by atoms with E-state index in [0.717, 1.165) is 53.4 Å². The number of methoxy groups -OCH3 is 2. The molecular formula is C21H25NO5. The molecule has 2 aromatic rings. The first-order valence-corrected chi connectivity index (χ1v) is 9.12. The molecule has 1 N–H and O–H groups in total. The summed E-state index contributed by atoms with van der Waals surface area (Å²) in [5.74, 6) is 3.48. The molecule has 6 heteroatoms. The summed E-state index contributed by atoms with van der Waals surface area (Å²) >= 11 is 0. The number of ether oxygens (including phenoxy) is 4. The Kier molecular flexibility index (Phi) is 4.20. The number of hydrogen-bond donors (Lipinski definition) is 0. The zero-order valence-electron chi connectivity index (χ0n) is 15.9. The molecule has 2 aromatic carbocycles. The highest BCUT2D eigenvalue weighted by atomic mass is 16.7. The third-order valence-electron chi connectivity index (χ3n) is 6.32. The smallest absolute Gasteiger partial charge is 0.231 e. The van der Waals surface area contributed by atoms with Gasteiger partial charge in [0.2, 0.25) is 6.79 Å². The molecule has 0 aromatic heterocycles. The maximum atomic E-state index is 5.72. The van der Waals surface area contributed by atoms with E-state index in [1.54, 1.807) is 14.2 Å². The molecule has 0 saturated carbocycles. The van der Waals surface area contributed by atoms with Gasteiger partial charge in [-0.2, -0.15) is 0 Å². The SMILES string of the molecule is COc1ccc2c(c1OC)C[N+]1(C)CCc3cc4c(cc3C1C2)OCO4.[OH-]. The Hall–Kier alpha value is -2.44. The number of rotatable bonds is 2. The third-order valence-corrected chi connectivity index (χ3v) is 6.32. The fourth-order valence-corrected chi connectivity index (χ4v) is 4.88. The topological polar surface area (TPSA) is 66.9 Å². The van der Waals surface area contributed by atoms with E-state index in [2.05, 4.69) is 25.2 Å². The molecule has 0 spiro atoms. The van der Waals surface area contributed by atoms with Crippen LogP contribution in [0.3, 0.4) is 0 Å². The van der Waals surface area contributed by atoms with Gasteiger partial charge in [0, 0.05) is 18.4 Å². The van der Waals surface area contributed by atoms with Gasteiger partial charge >= 0.3 is 0 Å². The fourth-order valence-electron chi connectivity index (χ4n) is 4.88. The predicted octanol–water partition coefficient (Wildman–Crippen LogP) is 3.06. The summed E-state index contributed by atoms with van der Waals surface area (Å²) in [6.45, 7) is 2.39. The summed E-state index contributed by atoms with van der Waals surface area (Å²) in [7, 11) is 5.79. The monoisotopic (exact) mass is 371 g/mol. The van der Waals surface area contributed by atoms with Gasteiger partial charge in [0.25, 0.3) is 0 Å². The lowest BCUT2D eigenvalue weighted by Gasteiger charge is -2.49. The van der Waals surface area contributed by atoms with Crippen molar-refractivity contribution in [2.24, 2.45) is 0 Å². The quantitative estimate of drug-likeness (QED) is 0.759. The lowest BCUT2D eigenvalue weighted by atomic mass is 9.81. The molecule has 3 aliphatic heterocycles. The summed E-state index contributed by atoms with van der Waals surface area (Å²) in [5, 5.41) is 0. The van der Waals surface area contributed by atoms with Gasteiger partial charge in [-0.3, -0.25) is 0 Å². The molecule has 6 nitrogen and oxygen atoms in total. The molecule has 0 aliphatic carbocycles. The molecule has 3 heterocycles. The van der Waals surface area contributed by atoms with E-state index in [0.29, 0.717) is 12.8 Å². The molecule has 2 unspecified atom stereocenters. The second-order valence-corrected chi connectivity index (χ2v) is 7.67. The first-order valence-electron chi connectivity index (χ1n) is 9.12. The van der Waals surface area contributed by atoms with Gasteiger partial charge in [0.15, 0.2) is 23.0 Å². The largest absolute Gasteiger partial charge is 0.870 e. The Bertz CT molecular complexity index is 897. The minimum Gasteiger partial charge on any atom is -0.870 e. The summed E-state index contributed by atoms with van der Waals surface area (Å²) in [6.07, 6.45) is 2.05. The lowest BCUT2D eigenvalue weighted by molar-refractivity contribution is -0.956. The zero-order valence-corrected chi connectivity index (χ0v) is 15.9. The summed E-state index contributed by atoms with van der Waals surface area (Å²) in [6, 6.07) is 9.05. The van der Waals surface area contributed by atoms with E-state index in [9.17, 15) is 0 Å². The second-order valence-electron chi connectivity index (χ2n) is 7.67. The van der Waals surface area contributed by atoms with Crippen molar-refractivity contribution < 1.29 is 28.9 Å². The Morgan fingerprint density at radius 2 is 1.81 bits per heavy atom. The van der Waals surface area contributed by atoms with Crippen molar-refractivity contribution in [1.82, 2.24) is 0 Å². The summed E-state index contributed by atoms with van der Waals surface area (Å²) < 4.78 is 23.5. The first-order chi connectivity index (χ1) is 12.6. The first kappa shape index (κ1) is 17.9. The van der Waals surface area contributed by atoms with Gasteiger partial charge < -0.3 is 28.9 Å². The van der Waals surface area contributed by atoms with E-state index < -0.39 is 0 Å². The molecule has 2 atom stereocenters. The van der Waals surface area contributed by atoms with E-state index in [4.69, 9.17) is 18.9 Å². The Morgan fingerprint density at radius 3 is 2.56 bits per heavy atom. The molecule has 0 saturated heterocycles. The maximum Gasteiger partial charge on any atom is 0.231 e. The van der Waals surface area contributed by atoms with Crippen LogP contribution in [0.25, 0.3) is 0 Å². The van der Waals surface area contributed by atoms with E-state index in [-0.39, 0.29) is 5.48 Å². The van der Waals surface area contributed by atoms with Gasteiger partial charge in [-0.1, -0.05) is 6.07 Å². The number of hydrogen-bond acceptors (Lipinski definition) is 5. The van der Waals surface area contributed by atoms with E-state index >= 15 is 0 Å². The molecule has 0 fully saturated rings. The van der Waals surface area contributed by atoms with Crippen LogP contribution in [0.4, 0.5) is 0 Å². The highest BCUT2D eigenvalue weighted by Crippen LogP contribution is 2.49. The van der Waals surface area contributed by atoms with Crippen LogP contribution in [0, 0.1) is 0 Å². The number of likely N-dealkylation sites (N-methyl/N-ethyl adjacent to an activating group) is 1. The molecule has 27 heavy (non-hydrogen) atoms. The third kappa shape index (κ3) is 2.55. The van der Waals surface area contributed by atoms with Crippen LogP contribution >= 0.6 is 0 Å². The van der Waals surface area contributed by atoms with Crippen molar-refractivity contribution >= 4 is 0 Å². The van der Waals surface area contributed by atoms with Gasteiger partial charge in [-0.25, -0.2) is 0 Å². The van der Waals surface area contributed by atoms with Crippen molar-refractivity contribution in [2.75, 3.05) is 34.6 Å². The average Bonchev–Trinajstić information content (AvgIpc) is 3.11. The van der Waals surface area contributed by atoms with Crippen molar-refractivity contribution in [1.29, 1.82) is 0 Å². The van der Waals surface area contributed by atoms with Gasteiger partial charge in [-0.15, -0.1) is 0 Å². The highest BCUT2D eigenvalue weighted by Gasteiger charge is 2.45. The van der Waals surface area contributed by atoms with Crippen LogP contribution in [0.15, 0.2) is 24.3 Å². The van der Waals surface area contributed by atoms with Crippen LogP contribution < -0.4 is 18.9 Å². The van der Waals surface area contributed by atoms with Gasteiger partial charge in [0.1, 0.15) is 12.6 Å². The van der Waals surface area contributed by atoms with Crippen molar-refractivity contribution in [3.63, 3.8) is 0 Å². The highest BCUT2D eigenvalue weighted by molar-refractivity contribution is 5.54. The average molecular weight is 371 g/mol. The van der Waals surface area contributed by atoms with Crippen LogP contribution in [0.5, 0.6) is 23.0 Å². The molecule has 144 valence electrons. The Morgan fingerprint density at radius 1 is 1.04 bits per heavy atom. The van der Waals surface area contributed by atoms with Crippen molar-refractivity contribution in [2.45, 2.75) is 25.4 Å². The van der Waals surface area contributed by atoms with Gasteiger partial charge in [0.05, 0.1) is 33.4 Å². The van der Waals surface area contributed by atoms with E-state index in [1.807, 2.05) is 6.07 Å². The number of nitrogens with zero attached hydrogens (tertiary/aromatic N) is 1. The fraction of sp³-hybridized carbons (Fsp3) is 0.429. The number of benzene rings is 2. The molecular weight excluding hydrogens is 346 g/mol. The minimum absolute atomic E-state index is 0. The van der Waals surface area contributed by atoms with Crippen LogP contribution in [-0.2, 0) is 19.4 Å². The van der Waals surface area contributed by atoms with E-state index in [1.165, 1.54) is 22.3 Å². The summed E-state index contributed by atoms with van der Waals surface area (Å²) in [4.78, 5) is 0. The molecule has 3 aliphatic rings. The molecule has 0 bridgehead atoms. The number of quaternary nitrogens is 1. The maximum absolute atomic E-state index is 5.72. The van der Waals surface area contributed by atoms with Crippen LogP contribution in [0.1, 0.15) is 28.3 Å². The zero-order chi connectivity index (χ0) is 17.9.